The average molecular weight is 1040 g/mol. The first-order valence-corrected chi connectivity index (χ1v) is 28.2. The van der Waals surface area contributed by atoms with Crippen molar-refractivity contribution in [2.75, 3.05) is 4.90 Å². The van der Waals surface area contributed by atoms with Crippen molar-refractivity contribution in [3.63, 3.8) is 0 Å². The van der Waals surface area contributed by atoms with Crippen molar-refractivity contribution in [3.05, 3.63) is 320 Å². The fraction of sp³-hybridized carbons (Fsp3) is 0.0127. The van der Waals surface area contributed by atoms with Gasteiger partial charge in [0.25, 0.3) is 0 Å². The van der Waals surface area contributed by atoms with Gasteiger partial charge >= 0.3 is 0 Å². The number of anilines is 3. The molecule has 13 aromatic carbocycles. The Kier molecular flexibility index (Phi) is 10.2. The third-order valence-corrected chi connectivity index (χ3v) is 17.5. The third kappa shape index (κ3) is 6.96. The minimum absolute atomic E-state index is 0.580. The Morgan fingerprint density at radius 3 is 1.16 bits per heavy atom. The largest absolute Gasteiger partial charge is 0.455 e. The summed E-state index contributed by atoms with van der Waals surface area (Å²) in [5.74, 6) is 0. The molecule has 0 fully saturated rings. The van der Waals surface area contributed by atoms with Gasteiger partial charge in [0.05, 0.1) is 5.41 Å². The van der Waals surface area contributed by atoms with Gasteiger partial charge in [0.15, 0.2) is 0 Å². The fourth-order valence-electron chi connectivity index (χ4n) is 13.8. The number of benzene rings is 13. The molecule has 17 rings (SSSR count). The van der Waals surface area contributed by atoms with Crippen LogP contribution in [0.25, 0.3) is 122 Å². The number of para-hydroxylation sites is 4. The summed E-state index contributed by atoms with van der Waals surface area (Å²) in [6, 6.07) is 109. The monoisotopic (exact) mass is 1040 g/mol. The molecule has 2 aromatic heterocycles. The van der Waals surface area contributed by atoms with Crippen LogP contribution in [0.4, 0.5) is 17.1 Å². The molecule has 0 bridgehead atoms. The zero-order valence-electron chi connectivity index (χ0n) is 44.6. The number of fused-ring (bicyclic) bond motifs is 16. The summed E-state index contributed by atoms with van der Waals surface area (Å²) < 4.78 is 13.1. The van der Waals surface area contributed by atoms with Crippen molar-refractivity contribution >= 4 is 60.9 Å². The summed E-state index contributed by atoms with van der Waals surface area (Å²) in [6.07, 6.45) is 0. The molecule has 0 aliphatic heterocycles. The van der Waals surface area contributed by atoms with Crippen LogP contribution in [-0.2, 0) is 5.41 Å². The van der Waals surface area contributed by atoms with Gasteiger partial charge in [0.2, 0.25) is 0 Å². The normalized spacial score (nSPS) is 12.7. The van der Waals surface area contributed by atoms with Crippen LogP contribution < -0.4 is 4.90 Å². The average Bonchev–Trinajstić information content (AvgIpc) is 1.65. The van der Waals surface area contributed by atoms with Crippen molar-refractivity contribution in [1.82, 2.24) is 0 Å². The molecule has 82 heavy (non-hydrogen) atoms. The van der Waals surface area contributed by atoms with Gasteiger partial charge in [-0.1, -0.05) is 224 Å². The van der Waals surface area contributed by atoms with Gasteiger partial charge in [-0.15, -0.1) is 0 Å². The van der Waals surface area contributed by atoms with Gasteiger partial charge in [-0.3, -0.25) is 0 Å². The highest BCUT2D eigenvalue weighted by Crippen LogP contribution is 2.64. The van der Waals surface area contributed by atoms with E-state index in [1.54, 1.807) is 0 Å². The van der Waals surface area contributed by atoms with Crippen LogP contribution in [0.2, 0.25) is 0 Å². The van der Waals surface area contributed by atoms with Crippen LogP contribution in [0.5, 0.6) is 0 Å². The molecule has 0 saturated heterocycles. The highest BCUT2D eigenvalue weighted by Gasteiger charge is 2.52. The van der Waals surface area contributed by atoms with Crippen LogP contribution in [0.1, 0.15) is 22.3 Å². The second-order valence-corrected chi connectivity index (χ2v) is 21.9. The minimum Gasteiger partial charge on any atom is -0.455 e. The smallest absolute Gasteiger partial charge is 0.143 e. The Balaban J connectivity index is 0.858. The van der Waals surface area contributed by atoms with E-state index in [4.69, 9.17) is 8.83 Å². The fourth-order valence-corrected chi connectivity index (χ4v) is 13.8. The first kappa shape index (κ1) is 46.2. The van der Waals surface area contributed by atoms with E-state index in [0.29, 0.717) is 0 Å². The molecule has 1 spiro atoms. The number of furan rings is 2. The molecular weight excluding hydrogens is 995 g/mol. The van der Waals surface area contributed by atoms with E-state index in [-0.39, 0.29) is 0 Å². The standard InChI is InChI=1S/C79H49NO2/c1-3-17-50(18-4-1)55-45-56(51-19-5-2-6-20-51)47-57(46-55)54-37-44-73-70(48-54)65-43-42-60(49-74(65)79(73)71-29-11-7-21-63(71)64-22-8-12-30-72(64)79)80(58-38-33-52(34-39-58)61-25-15-27-68-66-23-9-13-31-75(66)81-77(61)68)59-40-35-53(36-41-59)62-26-16-28-69-67-24-10-14-32-76(67)82-78(62)69/h1-49H. The topological polar surface area (TPSA) is 29.5 Å². The lowest BCUT2D eigenvalue weighted by Gasteiger charge is -2.32. The summed E-state index contributed by atoms with van der Waals surface area (Å²) in [7, 11) is 0. The molecule has 0 radical (unpaired) electrons. The molecule has 0 N–H and O–H groups in total. The van der Waals surface area contributed by atoms with Gasteiger partial charge in [0, 0.05) is 49.7 Å². The molecule has 2 aliphatic rings. The molecule has 2 aliphatic carbocycles. The molecular formula is C79H49NO2. The van der Waals surface area contributed by atoms with Gasteiger partial charge < -0.3 is 13.7 Å². The van der Waals surface area contributed by atoms with Gasteiger partial charge in [0.1, 0.15) is 22.3 Å². The van der Waals surface area contributed by atoms with Crippen molar-refractivity contribution in [1.29, 1.82) is 0 Å². The lowest BCUT2D eigenvalue weighted by atomic mass is 9.70. The van der Waals surface area contributed by atoms with E-state index in [1.807, 2.05) is 12.1 Å². The quantitative estimate of drug-likeness (QED) is 0.152. The minimum atomic E-state index is -0.580. The summed E-state index contributed by atoms with van der Waals surface area (Å²) >= 11 is 0. The SMILES string of the molecule is c1ccc(-c2cc(-c3ccccc3)cc(-c3ccc4c(c3)-c3ccc(N(c5ccc(-c6cccc7c6oc6ccccc67)cc5)c5ccc(-c6cccc7c6oc6ccccc67)cc5)cc3C43c4ccccc4-c4ccccc43)c2)cc1. The molecule has 0 saturated carbocycles. The molecule has 0 atom stereocenters. The second-order valence-electron chi connectivity index (χ2n) is 21.9. The van der Waals surface area contributed by atoms with Crippen LogP contribution in [0, 0.1) is 0 Å². The molecule has 3 heteroatoms. The maximum atomic E-state index is 6.57. The predicted octanol–water partition coefficient (Wildman–Crippen LogP) is 21.6. The maximum Gasteiger partial charge on any atom is 0.143 e. The van der Waals surface area contributed by atoms with E-state index in [9.17, 15) is 0 Å². The van der Waals surface area contributed by atoms with Crippen molar-refractivity contribution in [2.24, 2.45) is 0 Å². The highest BCUT2D eigenvalue weighted by molar-refractivity contribution is 6.11. The maximum absolute atomic E-state index is 6.57. The predicted molar refractivity (Wildman–Crippen MR) is 339 cm³/mol. The summed E-state index contributed by atoms with van der Waals surface area (Å²) in [5, 5.41) is 4.48. The Morgan fingerprint density at radius 2 is 0.622 bits per heavy atom. The van der Waals surface area contributed by atoms with E-state index in [1.165, 1.54) is 77.9 Å². The van der Waals surface area contributed by atoms with Gasteiger partial charge in [-0.25, -0.2) is 0 Å². The zero-order valence-corrected chi connectivity index (χ0v) is 44.6. The second kappa shape index (κ2) is 18.2. The molecule has 0 unspecified atom stereocenters. The molecule has 382 valence electrons. The van der Waals surface area contributed by atoms with E-state index < -0.39 is 5.41 Å². The molecule has 3 nitrogen and oxygen atoms in total. The first-order chi connectivity index (χ1) is 40.6. The van der Waals surface area contributed by atoms with E-state index in [0.717, 1.165) is 83.2 Å². The van der Waals surface area contributed by atoms with Crippen molar-refractivity contribution in [3.8, 4) is 77.9 Å². The third-order valence-electron chi connectivity index (χ3n) is 17.5. The molecule has 0 amide bonds. The molecule has 2 heterocycles. The van der Waals surface area contributed by atoms with Gasteiger partial charge in [-0.2, -0.15) is 0 Å². The summed E-state index contributed by atoms with van der Waals surface area (Å²) in [4.78, 5) is 2.42. The Bertz CT molecular complexity index is 4770. The lowest BCUT2D eigenvalue weighted by Crippen LogP contribution is -2.26. The Hall–Kier alpha value is -10.7. The van der Waals surface area contributed by atoms with Gasteiger partial charge in [-0.05, 0) is 162 Å². The first-order valence-electron chi connectivity index (χ1n) is 28.2. The van der Waals surface area contributed by atoms with E-state index in [2.05, 4.69) is 290 Å². The number of nitrogens with zero attached hydrogens (tertiary/aromatic N) is 1. The Labute approximate surface area is 474 Å². The Morgan fingerprint density at radius 1 is 0.220 bits per heavy atom. The molecule has 15 aromatic rings. The van der Waals surface area contributed by atoms with Crippen molar-refractivity contribution in [2.45, 2.75) is 5.41 Å². The highest BCUT2D eigenvalue weighted by atomic mass is 16.3. The van der Waals surface area contributed by atoms with Crippen LogP contribution in [0.15, 0.2) is 306 Å². The zero-order chi connectivity index (χ0) is 53.9. The van der Waals surface area contributed by atoms with E-state index >= 15 is 0 Å². The number of rotatable bonds is 8. The lowest BCUT2D eigenvalue weighted by molar-refractivity contribution is 0.669. The number of hydrogen-bond donors (Lipinski definition) is 0. The summed E-state index contributed by atoms with van der Waals surface area (Å²) in [6.45, 7) is 0. The van der Waals surface area contributed by atoms with Crippen LogP contribution in [0.3, 0.4) is 0 Å². The number of hydrogen-bond acceptors (Lipinski definition) is 3. The van der Waals surface area contributed by atoms with Crippen LogP contribution in [-0.4, -0.2) is 0 Å². The van der Waals surface area contributed by atoms with Crippen molar-refractivity contribution < 1.29 is 8.83 Å². The summed E-state index contributed by atoms with van der Waals surface area (Å²) in [5.41, 5.74) is 27.8. The van der Waals surface area contributed by atoms with Crippen LogP contribution >= 0.6 is 0 Å².